The highest BCUT2D eigenvalue weighted by atomic mass is 16.6. The van der Waals surface area contributed by atoms with E-state index in [9.17, 15) is 19.7 Å². The maximum absolute atomic E-state index is 12.1. The largest absolute Gasteiger partial charge is 0.452 e. The van der Waals surface area contributed by atoms with Gasteiger partial charge in [0, 0.05) is 11.8 Å². The van der Waals surface area contributed by atoms with Crippen LogP contribution in [0.2, 0.25) is 0 Å². The van der Waals surface area contributed by atoms with Gasteiger partial charge in [-0.2, -0.15) is 0 Å². The number of esters is 1. The van der Waals surface area contributed by atoms with Crippen LogP contribution in [0.25, 0.3) is 0 Å². The molecule has 0 radical (unpaired) electrons. The molecule has 0 heterocycles. The third-order valence-electron chi connectivity index (χ3n) is 3.66. The Kier molecular flexibility index (Phi) is 5.84. The van der Waals surface area contributed by atoms with Gasteiger partial charge in [0.15, 0.2) is 6.61 Å². The molecular weight excluding hydrogens is 324 g/mol. The summed E-state index contributed by atoms with van der Waals surface area (Å²) in [7, 11) is 0. The highest BCUT2D eigenvalue weighted by Crippen LogP contribution is 2.21. The number of hydrogen-bond acceptors (Lipinski definition) is 5. The first-order valence-electron chi connectivity index (χ1n) is 7.73. The Balaban J connectivity index is 2.04. The summed E-state index contributed by atoms with van der Waals surface area (Å²) in [6.45, 7) is 3.31. The zero-order chi connectivity index (χ0) is 18.4. The molecule has 7 nitrogen and oxygen atoms in total. The van der Waals surface area contributed by atoms with E-state index in [2.05, 4.69) is 5.32 Å². The van der Waals surface area contributed by atoms with Gasteiger partial charge >= 0.3 is 5.97 Å². The first-order valence-corrected chi connectivity index (χ1v) is 7.73. The number of carbonyl (C=O) groups excluding carboxylic acids is 2. The summed E-state index contributed by atoms with van der Waals surface area (Å²) in [6, 6.07) is 11.1. The van der Waals surface area contributed by atoms with E-state index in [0.29, 0.717) is 5.69 Å². The van der Waals surface area contributed by atoms with Crippen LogP contribution in [0.3, 0.4) is 0 Å². The number of nitrogens with zero attached hydrogens (tertiary/aromatic N) is 1. The number of nitro groups is 1. The van der Waals surface area contributed by atoms with E-state index >= 15 is 0 Å². The van der Waals surface area contributed by atoms with Crippen molar-refractivity contribution < 1.29 is 19.2 Å². The molecule has 1 amide bonds. The summed E-state index contributed by atoms with van der Waals surface area (Å²) in [5, 5.41) is 13.7. The number of hydrogen-bond donors (Lipinski definition) is 1. The Labute approximate surface area is 144 Å². The van der Waals surface area contributed by atoms with Gasteiger partial charge in [-0.05, 0) is 30.5 Å². The van der Waals surface area contributed by atoms with E-state index < -0.39 is 23.4 Å². The molecule has 0 aliphatic rings. The van der Waals surface area contributed by atoms with Gasteiger partial charge in [-0.15, -0.1) is 0 Å². The van der Waals surface area contributed by atoms with Crippen molar-refractivity contribution in [2.24, 2.45) is 0 Å². The topological polar surface area (TPSA) is 98.5 Å². The second-order valence-corrected chi connectivity index (χ2v) is 5.36. The summed E-state index contributed by atoms with van der Waals surface area (Å²) in [5.41, 5.74) is 2.01. The average Bonchev–Trinajstić information content (AvgIpc) is 2.61. The second-order valence-electron chi connectivity index (χ2n) is 5.36. The summed E-state index contributed by atoms with van der Waals surface area (Å²) >= 11 is 0. The zero-order valence-corrected chi connectivity index (χ0v) is 13.9. The Bertz CT molecular complexity index is 817. The van der Waals surface area contributed by atoms with E-state index in [0.717, 1.165) is 17.5 Å². The van der Waals surface area contributed by atoms with Crippen molar-refractivity contribution in [3.8, 4) is 0 Å². The maximum atomic E-state index is 12.1. The summed E-state index contributed by atoms with van der Waals surface area (Å²) < 4.78 is 4.91. The van der Waals surface area contributed by atoms with Gasteiger partial charge in [0.2, 0.25) is 0 Å². The van der Waals surface area contributed by atoms with Gasteiger partial charge < -0.3 is 10.1 Å². The lowest BCUT2D eigenvalue weighted by atomic mass is 10.1. The predicted molar refractivity (Wildman–Crippen MR) is 92.6 cm³/mol. The van der Waals surface area contributed by atoms with Crippen LogP contribution in [0, 0.1) is 17.0 Å². The standard InChI is InChI=1S/C18H18N2O5/c1-3-13-8-6-7-12(2)17(13)19-16(21)11-25-18(22)14-9-4-5-10-15(14)20(23)24/h4-10H,3,11H2,1-2H3,(H,19,21). The average molecular weight is 342 g/mol. The molecule has 0 fully saturated rings. The summed E-state index contributed by atoms with van der Waals surface area (Å²) in [4.78, 5) is 34.3. The van der Waals surface area contributed by atoms with Crippen molar-refractivity contribution in [3.05, 3.63) is 69.3 Å². The third-order valence-corrected chi connectivity index (χ3v) is 3.66. The van der Waals surface area contributed by atoms with Gasteiger partial charge in [-0.25, -0.2) is 4.79 Å². The van der Waals surface area contributed by atoms with Gasteiger partial charge in [0.05, 0.1) is 4.92 Å². The lowest BCUT2D eigenvalue weighted by Gasteiger charge is -2.13. The van der Waals surface area contributed by atoms with Crippen molar-refractivity contribution in [2.75, 3.05) is 11.9 Å². The highest BCUT2D eigenvalue weighted by Gasteiger charge is 2.21. The van der Waals surface area contributed by atoms with Gasteiger partial charge in [0.1, 0.15) is 5.56 Å². The number of aryl methyl sites for hydroxylation is 2. The number of carbonyl (C=O) groups is 2. The number of ether oxygens (including phenoxy) is 1. The Hall–Kier alpha value is -3.22. The molecule has 25 heavy (non-hydrogen) atoms. The van der Waals surface area contributed by atoms with E-state index in [-0.39, 0.29) is 11.3 Å². The lowest BCUT2D eigenvalue weighted by Crippen LogP contribution is -2.22. The minimum absolute atomic E-state index is 0.189. The molecule has 0 bridgehead atoms. The molecule has 7 heteroatoms. The molecule has 130 valence electrons. The van der Waals surface area contributed by atoms with Crippen LogP contribution in [0.1, 0.15) is 28.4 Å². The van der Waals surface area contributed by atoms with Gasteiger partial charge in [-0.1, -0.05) is 37.3 Å². The minimum Gasteiger partial charge on any atom is -0.452 e. The van der Waals surface area contributed by atoms with Crippen molar-refractivity contribution in [1.29, 1.82) is 0 Å². The van der Waals surface area contributed by atoms with Crippen LogP contribution in [-0.4, -0.2) is 23.4 Å². The second kappa shape index (κ2) is 8.05. The maximum Gasteiger partial charge on any atom is 0.345 e. The lowest BCUT2D eigenvalue weighted by molar-refractivity contribution is -0.385. The summed E-state index contributed by atoms with van der Waals surface area (Å²) in [6.07, 6.45) is 0.743. The molecule has 0 saturated heterocycles. The van der Waals surface area contributed by atoms with Crippen molar-refractivity contribution >= 4 is 23.3 Å². The number of nitro benzene ring substituents is 1. The quantitative estimate of drug-likeness (QED) is 0.493. The molecule has 0 atom stereocenters. The normalized spacial score (nSPS) is 10.2. The Morgan fingerprint density at radius 2 is 1.88 bits per heavy atom. The Morgan fingerprint density at radius 1 is 1.16 bits per heavy atom. The minimum atomic E-state index is -0.914. The first kappa shape index (κ1) is 18.1. The summed E-state index contributed by atoms with van der Waals surface area (Å²) in [5.74, 6) is -1.42. The number of benzene rings is 2. The van der Waals surface area contributed by atoms with E-state index in [1.807, 2.05) is 32.0 Å². The van der Waals surface area contributed by atoms with Crippen LogP contribution in [-0.2, 0) is 16.0 Å². The number of nitrogens with one attached hydrogen (secondary N) is 1. The van der Waals surface area contributed by atoms with Crippen LogP contribution >= 0.6 is 0 Å². The zero-order valence-electron chi connectivity index (χ0n) is 13.9. The highest BCUT2D eigenvalue weighted by molar-refractivity contribution is 5.98. The predicted octanol–water partition coefficient (Wildman–Crippen LogP) is 3.26. The van der Waals surface area contributed by atoms with Crippen LogP contribution in [0.4, 0.5) is 11.4 Å². The molecule has 2 rings (SSSR count). The fraction of sp³-hybridized carbons (Fsp3) is 0.222. The molecule has 0 unspecified atom stereocenters. The molecule has 1 N–H and O–H groups in total. The smallest absolute Gasteiger partial charge is 0.345 e. The van der Waals surface area contributed by atoms with E-state index in [1.165, 1.54) is 24.3 Å². The molecule has 0 aliphatic carbocycles. The SMILES string of the molecule is CCc1cccc(C)c1NC(=O)COC(=O)c1ccccc1[N+](=O)[O-]. The molecular formula is C18H18N2O5. The number of amides is 1. The number of anilines is 1. The molecule has 2 aromatic rings. The van der Waals surface area contributed by atoms with Crippen molar-refractivity contribution in [2.45, 2.75) is 20.3 Å². The van der Waals surface area contributed by atoms with Crippen molar-refractivity contribution in [3.63, 3.8) is 0 Å². The molecule has 0 spiro atoms. The Morgan fingerprint density at radius 3 is 2.56 bits per heavy atom. The van der Waals surface area contributed by atoms with Crippen LogP contribution in [0.5, 0.6) is 0 Å². The van der Waals surface area contributed by atoms with E-state index in [4.69, 9.17) is 4.74 Å². The fourth-order valence-corrected chi connectivity index (χ4v) is 2.39. The molecule has 0 aliphatic heterocycles. The van der Waals surface area contributed by atoms with Gasteiger partial charge in [0.25, 0.3) is 11.6 Å². The van der Waals surface area contributed by atoms with E-state index in [1.54, 1.807) is 0 Å². The molecule has 2 aromatic carbocycles. The number of rotatable bonds is 6. The van der Waals surface area contributed by atoms with Crippen molar-refractivity contribution in [1.82, 2.24) is 0 Å². The first-order chi connectivity index (χ1) is 11.9. The van der Waals surface area contributed by atoms with Crippen LogP contribution < -0.4 is 5.32 Å². The van der Waals surface area contributed by atoms with Gasteiger partial charge in [-0.3, -0.25) is 14.9 Å². The monoisotopic (exact) mass is 342 g/mol. The molecule has 0 saturated carbocycles. The fourth-order valence-electron chi connectivity index (χ4n) is 2.39. The number of para-hydroxylation sites is 2. The van der Waals surface area contributed by atoms with Crippen LogP contribution in [0.15, 0.2) is 42.5 Å². The molecule has 0 aromatic heterocycles. The third kappa shape index (κ3) is 4.41.